The lowest BCUT2D eigenvalue weighted by atomic mass is 10.0. The molecule has 0 saturated heterocycles. The zero-order valence-electron chi connectivity index (χ0n) is 21.5. The standard InChI is InChI=1S/C27H34N2O8/c1-27(2,3)37-26(34)29-23(24(32)25(33)35-4)19-13-15-20(16-14-19)28-21(30)11-8-12-22(31)36-17-18-9-6-5-7-10-18/h5-7,9-10,13-16,23-24,32H,8,11-12,17H2,1-4H3,(H,28,30)(H,29,34)/t23-,24+/m0/s1. The SMILES string of the molecule is COC(=O)[C@H](O)[C@@H](NC(=O)OC(C)(C)C)c1ccc(NC(=O)CCCC(=O)OCc2ccccc2)cc1. The molecule has 0 saturated carbocycles. The molecule has 0 fully saturated rings. The van der Waals surface area contributed by atoms with Gasteiger partial charge in [0.1, 0.15) is 12.2 Å². The van der Waals surface area contributed by atoms with Crippen molar-refractivity contribution in [1.29, 1.82) is 0 Å². The van der Waals surface area contributed by atoms with Gasteiger partial charge in [0.2, 0.25) is 5.91 Å². The van der Waals surface area contributed by atoms with Crippen LogP contribution in [-0.2, 0) is 35.2 Å². The predicted molar refractivity (Wildman–Crippen MR) is 135 cm³/mol. The Morgan fingerprint density at radius 1 is 0.946 bits per heavy atom. The number of carbonyl (C=O) groups excluding carboxylic acids is 4. The monoisotopic (exact) mass is 514 g/mol. The third kappa shape index (κ3) is 10.7. The number of amides is 2. The number of hydrogen-bond acceptors (Lipinski definition) is 8. The largest absolute Gasteiger partial charge is 0.467 e. The highest BCUT2D eigenvalue weighted by Gasteiger charge is 2.31. The summed E-state index contributed by atoms with van der Waals surface area (Å²) in [6.45, 7) is 5.24. The molecular weight excluding hydrogens is 480 g/mol. The Hall–Kier alpha value is -3.92. The summed E-state index contributed by atoms with van der Waals surface area (Å²) in [7, 11) is 1.12. The number of aliphatic hydroxyl groups is 1. The third-order valence-electron chi connectivity index (χ3n) is 5.01. The van der Waals surface area contributed by atoms with E-state index in [4.69, 9.17) is 9.47 Å². The lowest BCUT2D eigenvalue weighted by Crippen LogP contribution is -2.43. The molecule has 2 rings (SSSR count). The van der Waals surface area contributed by atoms with Crippen molar-refractivity contribution in [3.63, 3.8) is 0 Å². The van der Waals surface area contributed by atoms with Gasteiger partial charge in [-0.2, -0.15) is 0 Å². The molecule has 2 amide bonds. The highest BCUT2D eigenvalue weighted by atomic mass is 16.6. The fourth-order valence-corrected chi connectivity index (χ4v) is 3.24. The van der Waals surface area contributed by atoms with Crippen molar-refractivity contribution in [1.82, 2.24) is 5.32 Å². The van der Waals surface area contributed by atoms with Crippen molar-refractivity contribution in [2.75, 3.05) is 12.4 Å². The second kappa shape index (κ2) is 14.0. The van der Waals surface area contributed by atoms with E-state index in [0.29, 0.717) is 17.7 Å². The predicted octanol–water partition coefficient (Wildman–Crippen LogP) is 3.64. The maximum Gasteiger partial charge on any atom is 0.408 e. The Bertz CT molecular complexity index is 1050. The topological polar surface area (TPSA) is 140 Å². The second-order valence-corrected chi connectivity index (χ2v) is 9.26. The number of esters is 2. The van der Waals surface area contributed by atoms with Gasteiger partial charge in [-0.05, 0) is 50.5 Å². The van der Waals surface area contributed by atoms with Crippen LogP contribution in [0, 0.1) is 0 Å². The average molecular weight is 515 g/mol. The lowest BCUT2D eigenvalue weighted by Gasteiger charge is -2.26. The Balaban J connectivity index is 1.89. The van der Waals surface area contributed by atoms with Crippen molar-refractivity contribution in [3.8, 4) is 0 Å². The third-order valence-corrected chi connectivity index (χ3v) is 5.01. The number of ether oxygens (including phenoxy) is 3. The zero-order chi connectivity index (χ0) is 27.4. The van der Waals surface area contributed by atoms with E-state index in [-0.39, 0.29) is 31.3 Å². The molecule has 0 spiro atoms. The van der Waals surface area contributed by atoms with E-state index in [9.17, 15) is 24.3 Å². The van der Waals surface area contributed by atoms with Gasteiger partial charge in [0.15, 0.2) is 6.10 Å². The number of methoxy groups -OCH3 is 1. The number of hydrogen-bond donors (Lipinski definition) is 3. The molecule has 2 aromatic carbocycles. The molecule has 200 valence electrons. The maximum atomic E-state index is 12.3. The fourth-order valence-electron chi connectivity index (χ4n) is 3.24. The molecule has 0 aliphatic heterocycles. The van der Waals surface area contributed by atoms with E-state index in [0.717, 1.165) is 12.7 Å². The highest BCUT2D eigenvalue weighted by molar-refractivity contribution is 5.91. The van der Waals surface area contributed by atoms with Gasteiger partial charge in [-0.1, -0.05) is 42.5 Å². The molecule has 0 aliphatic carbocycles. The summed E-state index contributed by atoms with van der Waals surface area (Å²) in [6.07, 6.45) is -1.95. The lowest BCUT2D eigenvalue weighted by molar-refractivity contribution is -0.152. The van der Waals surface area contributed by atoms with Crippen LogP contribution in [0.15, 0.2) is 54.6 Å². The molecule has 0 radical (unpaired) electrons. The van der Waals surface area contributed by atoms with Crippen LogP contribution in [0.3, 0.4) is 0 Å². The second-order valence-electron chi connectivity index (χ2n) is 9.26. The molecule has 37 heavy (non-hydrogen) atoms. The minimum atomic E-state index is -1.68. The van der Waals surface area contributed by atoms with Gasteiger partial charge in [-0.15, -0.1) is 0 Å². The Morgan fingerprint density at radius 2 is 1.59 bits per heavy atom. The normalized spacial score (nSPS) is 12.6. The first-order valence-corrected chi connectivity index (χ1v) is 11.8. The van der Waals surface area contributed by atoms with E-state index >= 15 is 0 Å². The number of alkyl carbamates (subject to hydrolysis) is 1. The van der Waals surface area contributed by atoms with E-state index < -0.39 is 29.8 Å². The number of rotatable bonds is 11. The first-order valence-electron chi connectivity index (χ1n) is 11.8. The Kier molecular flexibility index (Phi) is 11.1. The molecule has 0 heterocycles. The van der Waals surface area contributed by atoms with Crippen molar-refractivity contribution in [3.05, 3.63) is 65.7 Å². The molecule has 0 aliphatic rings. The van der Waals surface area contributed by atoms with Crippen LogP contribution in [0.4, 0.5) is 10.5 Å². The van der Waals surface area contributed by atoms with E-state index in [1.165, 1.54) is 0 Å². The van der Waals surface area contributed by atoms with Crippen LogP contribution in [0.2, 0.25) is 0 Å². The molecule has 0 unspecified atom stereocenters. The van der Waals surface area contributed by atoms with Crippen LogP contribution in [0.25, 0.3) is 0 Å². The van der Waals surface area contributed by atoms with E-state index in [2.05, 4.69) is 15.4 Å². The van der Waals surface area contributed by atoms with Crippen molar-refractivity contribution >= 4 is 29.6 Å². The van der Waals surface area contributed by atoms with E-state index in [1.807, 2.05) is 30.3 Å². The molecular formula is C27H34N2O8. The summed E-state index contributed by atoms with van der Waals surface area (Å²) in [6, 6.07) is 14.4. The zero-order valence-corrected chi connectivity index (χ0v) is 21.5. The van der Waals surface area contributed by atoms with Gasteiger partial charge < -0.3 is 30.0 Å². The van der Waals surface area contributed by atoms with Gasteiger partial charge in [0, 0.05) is 18.5 Å². The van der Waals surface area contributed by atoms with Crippen molar-refractivity contribution in [2.45, 2.75) is 64.4 Å². The minimum Gasteiger partial charge on any atom is -0.467 e. The quantitative estimate of drug-likeness (QED) is 0.305. The molecule has 10 heteroatoms. The van der Waals surface area contributed by atoms with Crippen LogP contribution in [0.1, 0.15) is 57.2 Å². The number of nitrogens with one attached hydrogen (secondary N) is 2. The molecule has 10 nitrogen and oxygen atoms in total. The van der Waals surface area contributed by atoms with Crippen LogP contribution in [-0.4, -0.2) is 47.9 Å². The van der Waals surface area contributed by atoms with Gasteiger partial charge >= 0.3 is 18.0 Å². The van der Waals surface area contributed by atoms with Gasteiger partial charge in [-0.25, -0.2) is 9.59 Å². The summed E-state index contributed by atoms with van der Waals surface area (Å²) in [4.78, 5) is 48.3. The van der Waals surface area contributed by atoms with Crippen LogP contribution < -0.4 is 10.6 Å². The number of anilines is 1. The molecule has 2 atom stereocenters. The van der Waals surface area contributed by atoms with Gasteiger partial charge in [-0.3, -0.25) is 9.59 Å². The smallest absolute Gasteiger partial charge is 0.408 e. The summed E-state index contributed by atoms with van der Waals surface area (Å²) in [5.41, 5.74) is 0.962. The summed E-state index contributed by atoms with van der Waals surface area (Å²) in [5, 5.41) is 15.6. The summed E-state index contributed by atoms with van der Waals surface area (Å²) < 4.78 is 15.0. The van der Waals surface area contributed by atoms with Crippen molar-refractivity contribution in [2.24, 2.45) is 0 Å². The average Bonchev–Trinajstić information content (AvgIpc) is 2.85. The Labute approximate surface area is 216 Å². The number of aliphatic hydroxyl groups excluding tert-OH is 1. The Morgan fingerprint density at radius 3 is 2.19 bits per heavy atom. The first-order chi connectivity index (χ1) is 17.5. The summed E-state index contributed by atoms with van der Waals surface area (Å²) in [5.74, 6) is -1.60. The van der Waals surface area contributed by atoms with Crippen LogP contribution in [0.5, 0.6) is 0 Å². The molecule has 0 bridgehead atoms. The number of benzene rings is 2. The first kappa shape index (κ1) is 29.3. The minimum absolute atomic E-state index is 0.114. The highest BCUT2D eigenvalue weighted by Crippen LogP contribution is 2.22. The number of carbonyl (C=O) groups is 4. The molecule has 0 aromatic heterocycles. The van der Waals surface area contributed by atoms with E-state index in [1.54, 1.807) is 45.0 Å². The van der Waals surface area contributed by atoms with Crippen molar-refractivity contribution < 1.29 is 38.5 Å². The summed E-state index contributed by atoms with van der Waals surface area (Å²) >= 11 is 0. The molecule has 3 N–H and O–H groups in total. The fraction of sp³-hybridized carbons (Fsp3) is 0.407. The molecule has 2 aromatic rings. The van der Waals surface area contributed by atoms with Gasteiger partial charge in [0.25, 0.3) is 0 Å². The maximum absolute atomic E-state index is 12.3. The van der Waals surface area contributed by atoms with Crippen LogP contribution >= 0.6 is 0 Å². The van der Waals surface area contributed by atoms with Gasteiger partial charge in [0.05, 0.1) is 13.2 Å².